The van der Waals surface area contributed by atoms with Gasteiger partial charge < -0.3 is 9.47 Å². The first-order valence-electron chi connectivity index (χ1n) is 9.57. The molecule has 0 aliphatic rings. The molecule has 2 aromatic heterocycles. The third-order valence-electron chi connectivity index (χ3n) is 4.51. The van der Waals surface area contributed by atoms with E-state index in [4.69, 9.17) is 9.47 Å². The molecule has 0 aromatic carbocycles. The molecule has 2 heterocycles. The van der Waals surface area contributed by atoms with Gasteiger partial charge in [-0.25, -0.2) is 9.78 Å². The highest BCUT2D eigenvalue weighted by atomic mass is 16.6. The van der Waals surface area contributed by atoms with Gasteiger partial charge in [-0.15, -0.1) is 0 Å². The average Bonchev–Trinajstić information content (AvgIpc) is 2.92. The number of methoxy groups -OCH3 is 1. The van der Waals surface area contributed by atoms with E-state index in [1.54, 1.807) is 17.9 Å². The number of pyridine rings is 1. The number of aromatic nitrogens is 2. The van der Waals surface area contributed by atoms with Crippen molar-refractivity contribution >= 4 is 17.0 Å². The number of nitrogens with zero attached hydrogens (tertiary/aromatic N) is 3. The van der Waals surface area contributed by atoms with Crippen LogP contribution < -0.4 is 4.74 Å². The summed E-state index contributed by atoms with van der Waals surface area (Å²) in [4.78, 5) is 19.5. The fourth-order valence-corrected chi connectivity index (χ4v) is 3.39. The number of ether oxygens (including phenoxy) is 2. The van der Waals surface area contributed by atoms with E-state index in [0.717, 1.165) is 29.4 Å². The van der Waals surface area contributed by atoms with Gasteiger partial charge in [0.05, 0.1) is 18.0 Å². The minimum Gasteiger partial charge on any atom is -0.480 e. The SMILES string of the molecule is COc1nccc2c1c(CCN(C(C)C)C(C)C)cn2C(=O)OC(C)(C)C. The quantitative estimate of drug-likeness (QED) is 0.744. The van der Waals surface area contributed by atoms with Crippen LogP contribution in [0.1, 0.15) is 54.0 Å². The van der Waals surface area contributed by atoms with Crippen LogP contribution in [0.25, 0.3) is 10.9 Å². The lowest BCUT2D eigenvalue weighted by atomic mass is 10.1. The van der Waals surface area contributed by atoms with E-state index in [9.17, 15) is 4.79 Å². The molecule has 0 amide bonds. The van der Waals surface area contributed by atoms with E-state index in [1.165, 1.54) is 0 Å². The van der Waals surface area contributed by atoms with Gasteiger partial charge >= 0.3 is 6.09 Å². The third-order valence-corrected chi connectivity index (χ3v) is 4.51. The third kappa shape index (κ3) is 5.01. The molecular formula is C21H33N3O3. The molecule has 0 atom stereocenters. The van der Waals surface area contributed by atoms with Crippen molar-refractivity contribution in [2.24, 2.45) is 0 Å². The molecule has 6 heteroatoms. The van der Waals surface area contributed by atoms with Gasteiger partial charge in [-0.05, 0) is 66.5 Å². The van der Waals surface area contributed by atoms with Gasteiger partial charge in [-0.1, -0.05) is 0 Å². The smallest absolute Gasteiger partial charge is 0.419 e. The zero-order valence-electron chi connectivity index (χ0n) is 17.9. The first-order valence-corrected chi connectivity index (χ1v) is 9.57. The molecule has 27 heavy (non-hydrogen) atoms. The first kappa shape index (κ1) is 21.2. The Kier molecular flexibility index (Phi) is 6.52. The molecule has 0 aliphatic carbocycles. The van der Waals surface area contributed by atoms with Crippen molar-refractivity contribution in [1.29, 1.82) is 0 Å². The summed E-state index contributed by atoms with van der Waals surface area (Å²) in [5, 5.41) is 0.873. The fraction of sp³-hybridized carbons (Fsp3) is 0.619. The van der Waals surface area contributed by atoms with Gasteiger partial charge in [0.15, 0.2) is 0 Å². The van der Waals surface area contributed by atoms with Crippen LogP contribution in [0.3, 0.4) is 0 Å². The summed E-state index contributed by atoms with van der Waals surface area (Å²) in [6.07, 6.45) is 3.92. The topological polar surface area (TPSA) is 56.6 Å². The minimum absolute atomic E-state index is 0.392. The van der Waals surface area contributed by atoms with Crippen LogP contribution in [0.5, 0.6) is 5.88 Å². The van der Waals surface area contributed by atoms with Crippen LogP contribution in [0.2, 0.25) is 0 Å². The predicted molar refractivity (Wildman–Crippen MR) is 109 cm³/mol. The Morgan fingerprint density at radius 3 is 2.37 bits per heavy atom. The highest BCUT2D eigenvalue weighted by Gasteiger charge is 2.23. The van der Waals surface area contributed by atoms with Gasteiger partial charge in [0.25, 0.3) is 0 Å². The van der Waals surface area contributed by atoms with Crippen molar-refractivity contribution in [3.63, 3.8) is 0 Å². The summed E-state index contributed by atoms with van der Waals surface area (Å²) in [6.45, 7) is 15.3. The molecule has 0 aliphatic heterocycles. The standard InChI is InChI=1S/C21H33N3O3/c1-14(2)23(15(3)4)12-10-16-13-24(20(25)27-21(5,6)7)17-9-11-22-19(26-8)18(16)17/h9,11,13-15H,10,12H2,1-8H3. The van der Waals surface area contributed by atoms with Crippen molar-refractivity contribution in [1.82, 2.24) is 14.5 Å². The van der Waals surface area contributed by atoms with E-state index < -0.39 is 11.7 Å². The summed E-state index contributed by atoms with van der Waals surface area (Å²) in [5.74, 6) is 0.533. The Bertz CT molecular complexity index is 780. The van der Waals surface area contributed by atoms with E-state index >= 15 is 0 Å². The van der Waals surface area contributed by atoms with Gasteiger partial charge in [-0.2, -0.15) is 0 Å². The molecule has 0 N–H and O–H groups in total. The Labute approximate surface area is 162 Å². The molecule has 0 saturated carbocycles. The van der Waals surface area contributed by atoms with Crippen LogP contribution in [-0.2, 0) is 11.2 Å². The summed E-state index contributed by atoms with van der Waals surface area (Å²) in [7, 11) is 1.60. The number of rotatable bonds is 6. The van der Waals surface area contributed by atoms with E-state index in [1.807, 2.05) is 33.0 Å². The Balaban J connectivity index is 2.45. The summed E-state index contributed by atoms with van der Waals surface area (Å²) in [5.41, 5.74) is 1.23. The van der Waals surface area contributed by atoms with Crippen LogP contribution in [0.4, 0.5) is 4.79 Å². The van der Waals surface area contributed by atoms with E-state index in [2.05, 4.69) is 37.6 Å². The number of carbonyl (C=O) groups is 1. The van der Waals surface area contributed by atoms with Crippen molar-refractivity contribution in [2.75, 3.05) is 13.7 Å². The molecule has 2 aromatic rings. The molecule has 0 bridgehead atoms. The normalized spacial score (nSPS) is 12.4. The number of fused-ring (bicyclic) bond motifs is 1. The molecule has 0 radical (unpaired) electrons. The van der Waals surface area contributed by atoms with Crippen LogP contribution in [0, 0.1) is 0 Å². The predicted octanol–water partition coefficient (Wildman–Crippen LogP) is 4.49. The summed E-state index contributed by atoms with van der Waals surface area (Å²) in [6, 6.07) is 2.72. The molecule has 0 saturated heterocycles. The van der Waals surface area contributed by atoms with Gasteiger partial charge in [0.1, 0.15) is 5.60 Å². The van der Waals surface area contributed by atoms with Crippen molar-refractivity contribution < 1.29 is 14.3 Å². The second kappa shape index (κ2) is 8.30. The van der Waals surface area contributed by atoms with Gasteiger partial charge in [0, 0.05) is 31.0 Å². The second-order valence-electron chi connectivity index (χ2n) is 8.39. The van der Waals surface area contributed by atoms with Crippen molar-refractivity contribution in [2.45, 2.75) is 72.6 Å². The number of hydrogen-bond donors (Lipinski definition) is 0. The number of hydrogen-bond acceptors (Lipinski definition) is 5. The maximum Gasteiger partial charge on any atom is 0.419 e. The average molecular weight is 376 g/mol. The first-order chi connectivity index (χ1) is 12.5. The fourth-order valence-electron chi connectivity index (χ4n) is 3.39. The van der Waals surface area contributed by atoms with Crippen molar-refractivity contribution in [3.8, 4) is 5.88 Å². The maximum absolute atomic E-state index is 12.7. The molecule has 0 spiro atoms. The minimum atomic E-state index is -0.558. The second-order valence-corrected chi connectivity index (χ2v) is 8.39. The lowest BCUT2D eigenvalue weighted by Gasteiger charge is -2.30. The van der Waals surface area contributed by atoms with E-state index in [-0.39, 0.29) is 0 Å². The lowest BCUT2D eigenvalue weighted by molar-refractivity contribution is 0.0544. The van der Waals surface area contributed by atoms with Gasteiger partial charge in [-0.3, -0.25) is 9.47 Å². The van der Waals surface area contributed by atoms with Crippen LogP contribution in [-0.4, -0.2) is 51.9 Å². The zero-order chi connectivity index (χ0) is 20.4. The Morgan fingerprint density at radius 2 is 1.85 bits per heavy atom. The van der Waals surface area contributed by atoms with Crippen LogP contribution in [0.15, 0.2) is 18.5 Å². The van der Waals surface area contributed by atoms with E-state index in [0.29, 0.717) is 18.0 Å². The maximum atomic E-state index is 12.7. The highest BCUT2D eigenvalue weighted by molar-refractivity contribution is 5.94. The molecule has 2 rings (SSSR count). The number of carbonyl (C=O) groups excluding carboxylic acids is 1. The van der Waals surface area contributed by atoms with Crippen molar-refractivity contribution in [3.05, 3.63) is 24.0 Å². The molecule has 0 unspecified atom stereocenters. The molecule has 150 valence electrons. The molecule has 0 fully saturated rings. The largest absolute Gasteiger partial charge is 0.480 e. The molecular weight excluding hydrogens is 342 g/mol. The lowest BCUT2D eigenvalue weighted by Crippen LogP contribution is -2.38. The molecule has 6 nitrogen and oxygen atoms in total. The zero-order valence-corrected chi connectivity index (χ0v) is 17.9. The Hall–Kier alpha value is -2.08. The van der Waals surface area contributed by atoms with Crippen LogP contribution >= 0.6 is 0 Å². The summed E-state index contributed by atoms with van der Waals surface area (Å²) < 4.78 is 12.6. The summed E-state index contributed by atoms with van der Waals surface area (Å²) >= 11 is 0. The Morgan fingerprint density at radius 1 is 1.22 bits per heavy atom. The van der Waals surface area contributed by atoms with Gasteiger partial charge in [0.2, 0.25) is 5.88 Å². The monoisotopic (exact) mass is 375 g/mol. The highest BCUT2D eigenvalue weighted by Crippen LogP contribution is 2.30.